The summed E-state index contributed by atoms with van der Waals surface area (Å²) < 4.78 is 16.7. The molecule has 0 saturated carbocycles. The van der Waals surface area contributed by atoms with E-state index in [9.17, 15) is 14.4 Å². The maximum atomic E-state index is 12.8. The molecule has 1 unspecified atom stereocenters. The molecule has 0 saturated heterocycles. The molecule has 0 heterocycles. The van der Waals surface area contributed by atoms with E-state index in [1.54, 1.807) is 0 Å². The molecule has 0 rings (SSSR count). The fourth-order valence-electron chi connectivity index (χ4n) is 8.82. The van der Waals surface area contributed by atoms with Crippen molar-refractivity contribution in [3.05, 3.63) is 72.9 Å². The highest BCUT2D eigenvalue weighted by Gasteiger charge is 2.19. The molecular weight excluding hydrogens is 889 g/mol. The molecule has 0 bridgehead atoms. The van der Waals surface area contributed by atoms with Gasteiger partial charge in [0.2, 0.25) is 0 Å². The Hall–Kier alpha value is -3.15. The first kappa shape index (κ1) is 68.8. The zero-order valence-electron chi connectivity index (χ0n) is 47.7. The van der Waals surface area contributed by atoms with E-state index in [0.717, 1.165) is 103 Å². The number of unbranched alkanes of at least 4 members (excludes halogenated alkanes) is 33. The average molecular weight is 1010 g/mol. The van der Waals surface area contributed by atoms with Crippen LogP contribution in [-0.4, -0.2) is 37.2 Å². The summed E-state index contributed by atoms with van der Waals surface area (Å²) in [5.41, 5.74) is 0. The predicted octanol–water partition coefficient (Wildman–Crippen LogP) is 20.9. The number of carbonyl (C=O) groups is 3. The van der Waals surface area contributed by atoms with Crippen LogP contribution >= 0.6 is 0 Å². The lowest BCUT2D eigenvalue weighted by Gasteiger charge is -2.18. The largest absolute Gasteiger partial charge is 0.462 e. The van der Waals surface area contributed by atoms with Crippen LogP contribution < -0.4 is 0 Å². The van der Waals surface area contributed by atoms with Gasteiger partial charge in [0.05, 0.1) is 0 Å². The highest BCUT2D eigenvalue weighted by molar-refractivity contribution is 5.71. The summed E-state index contributed by atoms with van der Waals surface area (Å²) in [6, 6.07) is 0. The lowest BCUT2D eigenvalue weighted by Crippen LogP contribution is -2.30. The zero-order valence-corrected chi connectivity index (χ0v) is 47.7. The Bertz CT molecular complexity index is 1340. The van der Waals surface area contributed by atoms with Gasteiger partial charge in [0.1, 0.15) is 13.2 Å². The average Bonchev–Trinajstić information content (AvgIpc) is 3.38. The summed E-state index contributed by atoms with van der Waals surface area (Å²) in [7, 11) is 0. The van der Waals surface area contributed by atoms with Gasteiger partial charge in [-0.1, -0.05) is 273 Å². The Morgan fingerprint density at radius 3 is 0.861 bits per heavy atom. The number of allylic oxidation sites excluding steroid dienone is 12. The van der Waals surface area contributed by atoms with E-state index in [0.29, 0.717) is 19.3 Å². The van der Waals surface area contributed by atoms with E-state index >= 15 is 0 Å². The van der Waals surface area contributed by atoms with Gasteiger partial charge in [0.15, 0.2) is 6.10 Å². The number of hydrogen-bond donors (Lipinski definition) is 0. The van der Waals surface area contributed by atoms with Crippen LogP contribution in [0.4, 0.5) is 0 Å². The molecule has 6 nitrogen and oxygen atoms in total. The predicted molar refractivity (Wildman–Crippen MR) is 311 cm³/mol. The van der Waals surface area contributed by atoms with Crippen LogP contribution in [0.25, 0.3) is 0 Å². The third kappa shape index (κ3) is 57.7. The minimum atomic E-state index is -0.773. The molecule has 0 amide bonds. The third-order valence-corrected chi connectivity index (χ3v) is 13.4. The molecule has 0 spiro atoms. The van der Waals surface area contributed by atoms with Crippen LogP contribution in [0.15, 0.2) is 72.9 Å². The fourth-order valence-corrected chi connectivity index (χ4v) is 8.82. The second kappa shape index (κ2) is 60.4. The van der Waals surface area contributed by atoms with E-state index in [1.165, 1.54) is 167 Å². The van der Waals surface area contributed by atoms with Gasteiger partial charge in [-0.15, -0.1) is 0 Å². The third-order valence-electron chi connectivity index (χ3n) is 13.4. The number of rotatable bonds is 56. The molecule has 1 atom stereocenters. The van der Waals surface area contributed by atoms with E-state index in [4.69, 9.17) is 14.2 Å². The summed E-state index contributed by atoms with van der Waals surface area (Å²) in [6.07, 6.45) is 78.2. The van der Waals surface area contributed by atoms with E-state index < -0.39 is 6.10 Å². The van der Waals surface area contributed by atoms with Gasteiger partial charge in [-0.3, -0.25) is 14.4 Å². The molecule has 0 fully saturated rings. The second-order valence-electron chi connectivity index (χ2n) is 20.6. The lowest BCUT2D eigenvalue weighted by molar-refractivity contribution is -0.167. The number of carbonyl (C=O) groups excluding carboxylic acids is 3. The highest BCUT2D eigenvalue weighted by Crippen LogP contribution is 2.17. The SMILES string of the molecule is CC/C=C\C/C=C\C/C=C\C/C=C\C/C=C\CCCCCCCCCCCCCCCCCCCC(=O)OCC(COC(=O)CCCCCCC)OC(=O)CCCCCCC/C=C\CCCCCCCCC. The van der Waals surface area contributed by atoms with Crippen molar-refractivity contribution in [2.75, 3.05) is 13.2 Å². The van der Waals surface area contributed by atoms with Crippen LogP contribution in [0.5, 0.6) is 0 Å². The molecule has 0 aromatic carbocycles. The van der Waals surface area contributed by atoms with Gasteiger partial charge in [-0.25, -0.2) is 0 Å². The van der Waals surface area contributed by atoms with E-state index in [1.807, 2.05) is 0 Å². The van der Waals surface area contributed by atoms with Gasteiger partial charge in [-0.2, -0.15) is 0 Å². The van der Waals surface area contributed by atoms with Gasteiger partial charge < -0.3 is 14.2 Å². The quantitative estimate of drug-likeness (QED) is 0.0261. The van der Waals surface area contributed by atoms with Crippen molar-refractivity contribution in [1.82, 2.24) is 0 Å². The van der Waals surface area contributed by atoms with Crippen molar-refractivity contribution >= 4 is 17.9 Å². The molecule has 0 N–H and O–H groups in total. The number of ether oxygens (including phenoxy) is 3. The second-order valence-corrected chi connectivity index (χ2v) is 20.6. The Morgan fingerprint density at radius 1 is 0.292 bits per heavy atom. The Morgan fingerprint density at radius 2 is 0.542 bits per heavy atom. The molecule has 416 valence electrons. The van der Waals surface area contributed by atoms with Crippen LogP contribution in [0, 0.1) is 0 Å². The summed E-state index contributed by atoms with van der Waals surface area (Å²) in [5, 5.41) is 0. The maximum Gasteiger partial charge on any atom is 0.306 e. The topological polar surface area (TPSA) is 78.9 Å². The first-order valence-electron chi connectivity index (χ1n) is 30.9. The maximum absolute atomic E-state index is 12.8. The minimum Gasteiger partial charge on any atom is -0.462 e. The molecule has 0 aromatic rings. The molecule has 0 aliphatic carbocycles. The molecule has 0 aliphatic heterocycles. The summed E-state index contributed by atoms with van der Waals surface area (Å²) in [6.45, 7) is 6.46. The van der Waals surface area contributed by atoms with Crippen LogP contribution in [0.1, 0.15) is 310 Å². The monoisotopic (exact) mass is 1000 g/mol. The zero-order chi connectivity index (χ0) is 52.2. The molecule has 0 aliphatic rings. The minimum absolute atomic E-state index is 0.0751. The summed E-state index contributed by atoms with van der Waals surface area (Å²) >= 11 is 0. The van der Waals surface area contributed by atoms with Crippen molar-refractivity contribution in [1.29, 1.82) is 0 Å². The van der Waals surface area contributed by atoms with Gasteiger partial charge >= 0.3 is 17.9 Å². The fraction of sp³-hybridized carbons (Fsp3) is 0.773. The smallest absolute Gasteiger partial charge is 0.306 e. The van der Waals surface area contributed by atoms with Crippen LogP contribution in [0.2, 0.25) is 0 Å². The number of hydrogen-bond acceptors (Lipinski definition) is 6. The lowest BCUT2D eigenvalue weighted by atomic mass is 10.0. The van der Waals surface area contributed by atoms with Gasteiger partial charge in [0, 0.05) is 19.3 Å². The number of esters is 3. The van der Waals surface area contributed by atoms with E-state index in [2.05, 4.69) is 93.7 Å². The molecule has 0 radical (unpaired) electrons. The van der Waals surface area contributed by atoms with Crippen molar-refractivity contribution in [3.8, 4) is 0 Å². The molecule has 0 aromatic heterocycles. The van der Waals surface area contributed by atoms with Crippen molar-refractivity contribution in [2.24, 2.45) is 0 Å². The normalized spacial score (nSPS) is 12.5. The van der Waals surface area contributed by atoms with Crippen molar-refractivity contribution < 1.29 is 28.6 Å². The molecule has 72 heavy (non-hydrogen) atoms. The standard InChI is InChI=1S/C66H116O6/c1-4-7-10-13-15-17-19-21-23-25-26-27-28-29-30-31-32-33-34-35-36-37-38-39-40-41-43-44-46-48-50-53-56-59-65(68)71-62-63(61-70-64(67)58-55-52-12-9-6-3)72-66(69)60-57-54-51-49-47-45-42-24-22-20-18-16-14-11-8-5-2/h7,10,15,17,21,23-24,26-27,29-30,42,63H,4-6,8-9,11-14,16,18-20,22,25,28,31-41,43-62H2,1-3H3/b10-7-,17-15-,23-21-,27-26-,30-29-,42-24-. The highest BCUT2D eigenvalue weighted by atomic mass is 16.6. The summed E-state index contributed by atoms with van der Waals surface area (Å²) in [5.74, 6) is -0.886. The van der Waals surface area contributed by atoms with Crippen molar-refractivity contribution in [2.45, 2.75) is 316 Å². The van der Waals surface area contributed by atoms with Gasteiger partial charge in [-0.05, 0) is 89.9 Å². The molecule has 6 heteroatoms. The van der Waals surface area contributed by atoms with Gasteiger partial charge in [0.25, 0.3) is 0 Å². The van der Waals surface area contributed by atoms with Crippen LogP contribution in [-0.2, 0) is 28.6 Å². The first-order chi connectivity index (χ1) is 35.5. The Labute approximate surface area is 446 Å². The first-order valence-corrected chi connectivity index (χ1v) is 30.9. The van der Waals surface area contributed by atoms with Crippen LogP contribution in [0.3, 0.4) is 0 Å². The molecular formula is C66H116O6. The van der Waals surface area contributed by atoms with Crippen molar-refractivity contribution in [3.63, 3.8) is 0 Å². The Balaban J connectivity index is 3.95. The summed E-state index contributed by atoms with van der Waals surface area (Å²) in [4.78, 5) is 37.8. The van der Waals surface area contributed by atoms with E-state index in [-0.39, 0.29) is 31.1 Å². The Kier molecular flexibility index (Phi) is 57.8.